The Kier molecular flexibility index (Phi) is 1.88. The molecule has 0 bridgehead atoms. The molecule has 1 aromatic heterocycles. The molecule has 0 amide bonds. The van der Waals surface area contributed by atoms with Gasteiger partial charge in [-0.3, -0.25) is 4.79 Å². The minimum Gasteiger partial charge on any atom is -0.328 e. The first-order chi connectivity index (χ1) is 7.72. The summed E-state index contributed by atoms with van der Waals surface area (Å²) in [7, 11) is 0. The van der Waals surface area contributed by atoms with Gasteiger partial charge in [-0.15, -0.1) is 0 Å². The maximum absolute atomic E-state index is 13.6. The maximum Gasteiger partial charge on any atom is 0.251 e. The molecule has 0 aliphatic carbocycles. The van der Waals surface area contributed by atoms with Crippen molar-refractivity contribution in [2.24, 2.45) is 5.73 Å². The lowest BCUT2D eigenvalue weighted by molar-refractivity contribution is 0.528. The Morgan fingerprint density at radius 3 is 2.88 bits per heavy atom. The van der Waals surface area contributed by atoms with Gasteiger partial charge in [-0.2, -0.15) is 0 Å². The van der Waals surface area contributed by atoms with Crippen LogP contribution < -0.4 is 11.3 Å². The van der Waals surface area contributed by atoms with Crippen molar-refractivity contribution >= 4 is 10.9 Å². The highest BCUT2D eigenvalue weighted by molar-refractivity contribution is 5.84. The van der Waals surface area contributed by atoms with E-state index < -0.39 is 0 Å². The average Bonchev–Trinajstić information content (AvgIpc) is 2.68. The van der Waals surface area contributed by atoms with Gasteiger partial charge in [0.15, 0.2) is 0 Å². The van der Waals surface area contributed by atoms with Crippen LogP contribution in [0.5, 0.6) is 0 Å². The van der Waals surface area contributed by atoms with Gasteiger partial charge in [0.2, 0.25) is 0 Å². The number of nitrogens with two attached hydrogens (primary N) is 1. The van der Waals surface area contributed by atoms with E-state index in [0.717, 1.165) is 5.39 Å². The second-order valence-electron chi connectivity index (χ2n) is 4.10. The molecule has 0 fully saturated rings. The van der Waals surface area contributed by atoms with Gasteiger partial charge in [0, 0.05) is 18.2 Å². The van der Waals surface area contributed by atoms with Crippen LogP contribution in [0.15, 0.2) is 29.1 Å². The first-order valence-corrected chi connectivity index (χ1v) is 5.25. The Labute approximate surface area is 91.3 Å². The van der Waals surface area contributed by atoms with Crippen molar-refractivity contribution in [1.82, 2.24) is 4.57 Å². The molecule has 0 spiro atoms. The molecule has 2 N–H and O–H groups in total. The van der Waals surface area contributed by atoms with E-state index in [4.69, 9.17) is 5.73 Å². The van der Waals surface area contributed by atoms with E-state index in [9.17, 15) is 9.18 Å². The number of nitrogens with zero attached hydrogens (tertiary/aromatic N) is 1. The Morgan fingerprint density at radius 1 is 1.38 bits per heavy atom. The van der Waals surface area contributed by atoms with Crippen LogP contribution in [-0.2, 0) is 6.42 Å². The number of rotatable bonds is 1. The zero-order valence-corrected chi connectivity index (χ0v) is 8.61. The lowest BCUT2D eigenvalue weighted by atomic mass is 10.1. The predicted octanol–water partition coefficient (Wildman–Crippen LogP) is 1.20. The second-order valence-corrected chi connectivity index (χ2v) is 4.10. The van der Waals surface area contributed by atoms with Crippen molar-refractivity contribution in [3.05, 3.63) is 46.0 Å². The molecule has 1 aliphatic rings. The molecule has 82 valence electrons. The van der Waals surface area contributed by atoms with E-state index in [2.05, 4.69) is 0 Å². The molecule has 0 saturated carbocycles. The number of halogens is 1. The number of hydrogen-bond donors (Lipinski definition) is 1. The van der Waals surface area contributed by atoms with E-state index in [-0.39, 0.29) is 17.4 Å². The summed E-state index contributed by atoms with van der Waals surface area (Å²) in [6, 6.07) is 6.28. The van der Waals surface area contributed by atoms with E-state index in [1.54, 1.807) is 16.7 Å². The van der Waals surface area contributed by atoms with E-state index in [1.165, 1.54) is 12.1 Å². The average molecular weight is 218 g/mol. The molecule has 1 unspecified atom stereocenters. The third kappa shape index (κ3) is 1.08. The Hall–Kier alpha value is -1.68. The first kappa shape index (κ1) is 9.54. The van der Waals surface area contributed by atoms with Crippen molar-refractivity contribution < 1.29 is 4.39 Å². The number of pyridine rings is 1. The normalized spacial score (nSPS) is 18.2. The summed E-state index contributed by atoms with van der Waals surface area (Å²) in [6.45, 7) is 0.354. The monoisotopic (exact) mass is 218 g/mol. The summed E-state index contributed by atoms with van der Waals surface area (Å²) in [6.07, 6.45) is 0.513. The van der Waals surface area contributed by atoms with Gasteiger partial charge in [-0.1, -0.05) is 0 Å². The highest BCUT2D eigenvalue weighted by atomic mass is 19.1. The first-order valence-electron chi connectivity index (χ1n) is 5.25. The van der Waals surface area contributed by atoms with Gasteiger partial charge in [0.1, 0.15) is 5.82 Å². The van der Waals surface area contributed by atoms with Crippen LogP contribution in [0.1, 0.15) is 11.6 Å². The van der Waals surface area contributed by atoms with Crippen LogP contribution in [0.3, 0.4) is 0 Å². The van der Waals surface area contributed by atoms with Crippen LogP contribution in [-0.4, -0.2) is 11.1 Å². The lowest BCUT2D eigenvalue weighted by Crippen LogP contribution is -2.26. The minimum atomic E-state index is -0.247. The second kappa shape index (κ2) is 3.15. The standard InChI is InChI=1S/C12H11FN2O/c13-10-3-1-7-2-4-11(16)15-8(6-14)5-9(10)12(7)15/h1-4,8H,5-6,14H2. The van der Waals surface area contributed by atoms with Crippen LogP contribution in [0.2, 0.25) is 0 Å². The smallest absolute Gasteiger partial charge is 0.251 e. The SMILES string of the molecule is NCC1Cc2c(F)ccc3ccc(=O)n1c23. The van der Waals surface area contributed by atoms with Gasteiger partial charge in [0.25, 0.3) is 5.56 Å². The van der Waals surface area contributed by atoms with E-state index in [1.807, 2.05) is 0 Å². The van der Waals surface area contributed by atoms with Crippen molar-refractivity contribution in [2.75, 3.05) is 6.54 Å². The molecule has 16 heavy (non-hydrogen) atoms. The summed E-state index contributed by atoms with van der Waals surface area (Å²) in [5, 5.41) is 0.895. The van der Waals surface area contributed by atoms with Crippen molar-refractivity contribution in [3.63, 3.8) is 0 Å². The van der Waals surface area contributed by atoms with Gasteiger partial charge < -0.3 is 10.3 Å². The fourth-order valence-electron chi connectivity index (χ4n) is 2.47. The molecular formula is C12H11FN2O. The molecule has 1 aromatic carbocycles. The predicted molar refractivity (Wildman–Crippen MR) is 60.0 cm³/mol. The van der Waals surface area contributed by atoms with Crippen LogP contribution in [0.4, 0.5) is 4.39 Å². The molecule has 0 saturated heterocycles. The van der Waals surface area contributed by atoms with Crippen LogP contribution in [0.25, 0.3) is 10.9 Å². The zero-order chi connectivity index (χ0) is 11.3. The highest BCUT2D eigenvalue weighted by Crippen LogP contribution is 2.31. The van der Waals surface area contributed by atoms with Crippen LogP contribution in [0, 0.1) is 5.82 Å². The lowest BCUT2D eigenvalue weighted by Gasteiger charge is -2.10. The van der Waals surface area contributed by atoms with E-state index >= 15 is 0 Å². The van der Waals surface area contributed by atoms with Gasteiger partial charge >= 0.3 is 0 Å². The highest BCUT2D eigenvalue weighted by Gasteiger charge is 2.26. The molecule has 0 radical (unpaired) electrons. The van der Waals surface area contributed by atoms with Crippen molar-refractivity contribution in [3.8, 4) is 0 Å². The number of hydrogen-bond acceptors (Lipinski definition) is 2. The molecule has 3 rings (SSSR count). The summed E-state index contributed by atoms with van der Waals surface area (Å²) in [5.74, 6) is -0.247. The van der Waals surface area contributed by atoms with Crippen molar-refractivity contribution in [1.29, 1.82) is 0 Å². The summed E-state index contributed by atoms with van der Waals surface area (Å²) < 4.78 is 15.3. The zero-order valence-electron chi connectivity index (χ0n) is 8.61. The topological polar surface area (TPSA) is 48.0 Å². The molecule has 2 aromatic rings. The largest absolute Gasteiger partial charge is 0.328 e. The third-order valence-corrected chi connectivity index (χ3v) is 3.22. The third-order valence-electron chi connectivity index (χ3n) is 3.22. The summed E-state index contributed by atoms with van der Waals surface area (Å²) in [5.41, 5.74) is 6.85. The molecule has 1 atom stereocenters. The van der Waals surface area contributed by atoms with Crippen molar-refractivity contribution in [2.45, 2.75) is 12.5 Å². The Balaban J connectivity index is 2.49. The quantitative estimate of drug-likeness (QED) is 0.781. The molecular weight excluding hydrogens is 207 g/mol. The Bertz CT molecular complexity index is 633. The minimum absolute atomic E-state index is 0.104. The van der Waals surface area contributed by atoms with Gasteiger partial charge in [-0.05, 0) is 30.0 Å². The number of benzene rings is 1. The molecule has 2 heterocycles. The fourth-order valence-corrected chi connectivity index (χ4v) is 2.47. The maximum atomic E-state index is 13.6. The van der Waals surface area contributed by atoms with Gasteiger partial charge in [0.05, 0.1) is 11.6 Å². The summed E-state index contributed by atoms with van der Waals surface area (Å²) >= 11 is 0. The summed E-state index contributed by atoms with van der Waals surface area (Å²) in [4.78, 5) is 11.8. The van der Waals surface area contributed by atoms with E-state index in [0.29, 0.717) is 24.0 Å². The van der Waals surface area contributed by atoms with Gasteiger partial charge in [-0.25, -0.2) is 4.39 Å². The molecule has 1 aliphatic heterocycles. The molecule has 3 nitrogen and oxygen atoms in total. The number of aromatic nitrogens is 1. The Morgan fingerprint density at radius 2 is 2.12 bits per heavy atom. The van der Waals surface area contributed by atoms with Crippen LogP contribution >= 0.6 is 0 Å². The molecule has 4 heteroatoms. The fraction of sp³-hybridized carbons (Fsp3) is 0.250.